The Labute approximate surface area is 165 Å². The highest BCUT2D eigenvalue weighted by molar-refractivity contribution is 5.93. The quantitative estimate of drug-likeness (QED) is 0.631. The molecule has 1 heterocycles. The van der Waals surface area contributed by atoms with Crippen molar-refractivity contribution in [3.05, 3.63) is 84.4 Å². The number of hydrogen-bond acceptors (Lipinski definition) is 3. The summed E-state index contributed by atoms with van der Waals surface area (Å²) in [6.45, 7) is 3.73. The minimum absolute atomic E-state index is 0.0841. The molecule has 0 aliphatic carbocycles. The van der Waals surface area contributed by atoms with Crippen molar-refractivity contribution >= 4 is 17.3 Å². The van der Waals surface area contributed by atoms with Gasteiger partial charge in [0.2, 0.25) is 5.91 Å². The van der Waals surface area contributed by atoms with Crippen LogP contribution in [-0.2, 0) is 4.79 Å². The van der Waals surface area contributed by atoms with Gasteiger partial charge in [-0.15, -0.1) is 0 Å². The summed E-state index contributed by atoms with van der Waals surface area (Å²) in [5.41, 5.74) is 3.18. The maximum Gasteiger partial charge on any atom is 0.224 e. The second-order valence-corrected chi connectivity index (χ2v) is 7.17. The first-order chi connectivity index (χ1) is 13.6. The molecule has 1 amide bonds. The van der Waals surface area contributed by atoms with Gasteiger partial charge >= 0.3 is 0 Å². The maximum absolute atomic E-state index is 12.1. The van der Waals surface area contributed by atoms with Gasteiger partial charge in [0.1, 0.15) is 11.5 Å². The SMILES string of the molecule is CC(=O)N1c2ccccc2[C@@H](Nc2ccc(Oc3ccccc3)cc2)C[C@H]1C. The zero-order chi connectivity index (χ0) is 19.5. The van der Waals surface area contributed by atoms with E-state index in [4.69, 9.17) is 4.74 Å². The summed E-state index contributed by atoms with van der Waals surface area (Å²) in [4.78, 5) is 14.0. The summed E-state index contributed by atoms with van der Waals surface area (Å²) >= 11 is 0. The lowest BCUT2D eigenvalue weighted by Gasteiger charge is -2.39. The van der Waals surface area contributed by atoms with Crippen molar-refractivity contribution in [2.24, 2.45) is 0 Å². The predicted molar refractivity (Wildman–Crippen MR) is 113 cm³/mol. The van der Waals surface area contributed by atoms with E-state index in [1.165, 1.54) is 0 Å². The van der Waals surface area contributed by atoms with Crippen LogP contribution in [0.5, 0.6) is 11.5 Å². The number of carbonyl (C=O) groups excluding carboxylic acids is 1. The van der Waals surface area contributed by atoms with Crippen LogP contribution in [0.3, 0.4) is 0 Å². The number of fused-ring (bicyclic) bond motifs is 1. The fourth-order valence-corrected chi connectivity index (χ4v) is 3.87. The minimum Gasteiger partial charge on any atom is -0.457 e. The highest BCUT2D eigenvalue weighted by Crippen LogP contribution is 2.39. The number of para-hydroxylation sites is 2. The summed E-state index contributed by atoms with van der Waals surface area (Å²) in [6, 6.07) is 26.2. The Morgan fingerprint density at radius 1 is 0.929 bits per heavy atom. The van der Waals surface area contributed by atoms with Gasteiger partial charge in [-0.25, -0.2) is 0 Å². The first-order valence-corrected chi connectivity index (χ1v) is 9.60. The molecule has 0 unspecified atom stereocenters. The van der Waals surface area contributed by atoms with Gasteiger partial charge in [0.15, 0.2) is 0 Å². The Bertz CT molecular complexity index is 954. The zero-order valence-corrected chi connectivity index (χ0v) is 16.1. The Hall–Kier alpha value is -3.27. The first-order valence-electron chi connectivity index (χ1n) is 9.60. The normalized spacial score (nSPS) is 18.3. The highest BCUT2D eigenvalue weighted by atomic mass is 16.5. The van der Waals surface area contributed by atoms with Crippen molar-refractivity contribution in [1.82, 2.24) is 0 Å². The first kappa shape index (κ1) is 18.1. The molecular formula is C24H24N2O2. The highest BCUT2D eigenvalue weighted by Gasteiger charge is 2.31. The molecule has 1 aliphatic heterocycles. The summed E-state index contributed by atoms with van der Waals surface area (Å²) in [5.74, 6) is 1.71. The monoisotopic (exact) mass is 372 g/mol. The fraction of sp³-hybridized carbons (Fsp3) is 0.208. The van der Waals surface area contributed by atoms with Gasteiger partial charge in [-0.3, -0.25) is 4.79 Å². The van der Waals surface area contributed by atoms with Gasteiger partial charge in [-0.2, -0.15) is 0 Å². The van der Waals surface area contributed by atoms with Gasteiger partial charge < -0.3 is 15.0 Å². The van der Waals surface area contributed by atoms with Crippen molar-refractivity contribution in [2.45, 2.75) is 32.4 Å². The van der Waals surface area contributed by atoms with Crippen molar-refractivity contribution in [3.8, 4) is 11.5 Å². The Morgan fingerprint density at radius 2 is 1.57 bits per heavy atom. The molecule has 28 heavy (non-hydrogen) atoms. The molecule has 0 fully saturated rings. The average molecular weight is 372 g/mol. The Kier molecular flexibility index (Phi) is 5.02. The van der Waals surface area contributed by atoms with E-state index in [0.717, 1.165) is 34.9 Å². The lowest BCUT2D eigenvalue weighted by Crippen LogP contribution is -2.43. The number of benzene rings is 3. The molecule has 0 saturated carbocycles. The number of rotatable bonds is 4. The van der Waals surface area contributed by atoms with Crippen LogP contribution in [0.4, 0.5) is 11.4 Å². The van der Waals surface area contributed by atoms with E-state index in [1.54, 1.807) is 6.92 Å². The molecule has 0 spiro atoms. The number of ether oxygens (including phenoxy) is 1. The van der Waals surface area contributed by atoms with E-state index in [1.807, 2.05) is 77.7 Å². The van der Waals surface area contributed by atoms with Crippen LogP contribution in [0.2, 0.25) is 0 Å². The molecule has 4 rings (SSSR count). The van der Waals surface area contributed by atoms with Crippen molar-refractivity contribution in [1.29, 1.82) is 0 Å². The summed E-state index contributed by atoms with van der Waals surface area (Å²) in [6.07, 6.45) is 0.860. The van der Waals surface area contributed by atoms with Crippen LogP contribution < -0.4 is 15.0 Å². The van der Waals surface area contributed by atoms with Crippen LogP contribution >= 0.6 is 0 Å². The number of hydrogen-bond donors (Lipinski definition) is 1. The second-order valence-electron chi connectivity index (χ2n) is 7.17. The number of nitrogens with zero attached hydrogens (tertiary/aromatic N) is 1. The van der Waals surface area contributed by atoms with Gasteiger partial charge in [0, 0.05) is 24.3 Å². The number of amides is 1. The minimum atomic E-state index is 0.0841. The smallest absolute Gasteiger partial charge is 0.224 e. The van der Waals surface area contributed by atoms with Crippen LogP contribution in [0.25, 0.3) is 0 Å². The molecular weight excluding hydrogens is 348 g/mol. The van der Waals surface area contributed by atoms with E-state index >= 15 is 0 Å². The maximum atomic E-state index is 12.1. The Balaban J connectivity index is 1.52. The average Bonchev–Trinajstić information content (AvgIpc) is 2.70. The van der Waals surface area contributed by atoms with Crippen molar-refractivity contribution in [2.75, 3.05) is 10.2 Å². The topological polar surface area (TPSA) is 41.6 Å². The summed E-state index contributed by atoms with van der Waals surface area (Å²) in [7, 11) is 0. The molecule has 142 valence electrons. The molecule has 0 radical (unpaired) electrons. The molecule has 3 aromatic rings. The summed E-state index contributed by atoms with van der Waals surface area (Å²) in [5, 5.41) is 3.62. The van der Waals surface area contributed by atoms with E-state index in [2.05, 4.69) is 18.3 Å². The molecule has 1 aliphatic rings. The van der Waals surface area contributed by atoms with Crippen LogP contribution in [0.1, 0.15) is 31.9 Å². The molecule has 1 N–H and O–H groups in total. The van der Waals surface area contributed by atoms with E-state index in [-0.39, 0.29) is 18.0 Å². The van der Waals surface area contributed by atoms with Crippen LogP contribution in [0.15, 0.2) is 78.9 Å². The third-order valence-electron chi connectivity index (χ3n) is 5.10. The van der Waals surface area contributed by atoms with Gasteiger partial charge in [-0.05, 0) is 61.4 Å². The lowest BCUT2D eigenvalue weighted by molar-refractivity contribution is -0.117. The lowest BCUT2D eigenvalue weighted by atomic mass is 9.91. The molecule has 0 bridgehead atoms. The number of anilines is 2. The van der Waals surface area contributed by atoms with E-state index < -0.39 is 0 Å². The second kappa shape index (κ2) is 7.77. The predicted octanol–water partition coefficient (Wildman–Crippen LogP) is 5.78. The van der Waals surface area contributed by atoms with Crippen molar-refractivity contribution in [3.63, 3.8) is 0 Å². The fourth-order valence-electron chi connectivity index (χ4n) is 3.87. The third-order valence-corrected chi connectivity index (χ3v) is 5.10. The third kappa shape index (κ3) is 3.72. The van der Waals surface area contributed by atoms with E-state index in [9.17, 15) is 4.79 Å². The summed E-state index contributed by atoms with van der Waals surface area (Å²) < 4.78 is 5.87. The van der Waals surface area contributed by atoms with Crippen LogP contribution in [-0.4, -0.2) is 11.9 Å². The largest absolute Gasteiger partial charge is 0.457 e. The molecule has 0 aromatic heterocycles. The van der Waals surface area contributed by atoms with Crippen molar-refractivity contribution < 1.29 is 9.53 Å². The number of nitrogens with one attached hydrogen (secondary N) is 1. The van der Waals surface area contributed by atoms with Gasteiger partial charge in [0.05, 0.1) is 6.04 Å². The molecule has 4 heteroatoms. The molecule has 0 saturated heterocycles. The van der Waals surface area contributed by atoms with Gasteiger partial charge in [-0.1, -0.05) is 36.4 Å². The zero-order valence-electron chi connectivity index (χ0n) is 16.1. The standard InChI is InChI=1S/C24H24N2O2/c1-17-16-23(22-10-6-7-11-24(22)26(17)18(2)27)25-19-12-14-21(15-13-19)28-20-8-4-3-5-9-20/h3-15,17,23,25H,16H2,1-2H3/t17-,23+/m1/s1. The molecule has 3 aromatic carbocycles. The Morgan fingerprint density at radius 3 is 2.29 bits per heavy atom. The number of carbonyl (C=O) groups is 1. The molecule has 2 atom stereocenters. The van der Waals surface area contributed by atoms with E-state index in [0.29, 0.717) is 0 Å². The molecule has 4 nitrogen and oxygen atoms in total. The van der Waals surface area contributed by atoms with Crippen LogP contribution in [0, 0.1) is 0 Å². The van der Waals surface area contributed by atoms with Gasteiger partial charge in [0.25, 0.3) is 0 Å².